The highest BCUT2D eigenvalue weighted by Gasteiger charge is 2.33. The van der Waals surface area contributed by atoms with Crippen molar-refractivity contribution in [1.82, 2.24) is 9.55 Å². The highest BCUT2D eigenvalue weighted by molar-refractivity contribution is 7.07. The lowest BCUT2D eigenvalue weighted by Crippen LogP contribution is -2.39. The molecule has 0 saturated carbocycles. The second kappa shape index (κ2) is 10.9. The van der Waals surface area contributed by atoms with Crippen LogP contribution >= 0.6 is 11.3 Å². The molecule has 0 bridgehead atoms. The molecule has 3 aromatic carbocycles. The number of nitrogens with zero attached hydrogens (tertiary/aromatic N) is 2. The molecular weight excluding hydrogens is 546 g/mol. The molecule has 0 saturated heterocycles. The summed E-state index contributed by atoms with van der Waals surface area (Å²) in [6.07, 6.45) is 1.95. The fourth-order valence-electron chi connectivity index (χ4n) is 5.70. The Hall–Kier alpha value is -4.69. The summed E-state index contributed by atoms with van der Waals surface area (Å²) in [5.41, 5.74) is 7.60. The van der Waals surface area contributed by atoms with Gasteiger partial charge in [0.1, 0.15) is 5.75 Å². The fraction of sp³-hybridized carbons (Fsp3) is 0.206. The molecule has 8 heteroatoms. The second-order valence-corrected chi connectivity index (χ2v) is 11.4. The number of fused-ring (bicyclic) bond motifs is 2. The van der Waals surface area contributed by atoms with E-state index in [0.717, 1.165) is 44.4 Å². The van der Waals surface area contributed by atoms with Gasteiger partial charge in [-0.2, -0.15) is 0 Å². The SMILES string of the molecule is CCOC(=O)C1=C(C)N=c2s/c(=C/c3c(-c4ccccc4)[nH]c4c(C)cc(C)cc34)c(=O)n2C1c1cccc(OC)c1. The standard InChI is InChI=1S/C34H31N3O4S/c1-6-41-33(39)28-21(4)35-34-37(31(28)23-13-10-14-24(17-23)40-5)32(38)27(42-34)18-26-25-16-19(2)15-20(3)29(25)36-30(26)22-11-8-7-9-12-22/h7-18,31,36H,6H2,1-5H3/b27-18+. The largest absolute Gasteiger partial charge is 0.497 e. The number of rotatable bonds is 6. The minimum absolute atomic E-state index is 0.215. The summed E-state index contributed by atoms with van der Waals surface area (Å²) in [4.78, 5) is 36.4. The van der Waals surface area contributed by atoms with Gasteiger partial charge in [0.05, 0.1) is 41.3 Å². The van der Waals surface area contributed by atoms with Gasteiger partial charge in [-0.1, -0.05) is 65.4 Å². The van der Waals surface area contributed by atoms with Crippen molar-refractivity contribution in [2.45, 2.75) is 33.7 Å². The lowest BCUT2D eigenvalue weighted by atomic mass is 9.95. The number of carbonyl (C=O) groups is 1. The van der Waals surface area contributed by atoms with Crippen LogP contribution < -0.4 is 19.6 Å². The molecule has 0 spiro atoms. The van der Waals surface area contributed by atoms with E-state index in [-0.39, 0.29) is 12.2 Å². The summed E-state index contributed by atoms with van der Waals surface area (Å²) in [6.45, 7) is 7.93. The number of hydrogen-bond acceptors (Lipinski definition) is 6. The molecule has 1 aliphatic heterocycles. The molecule has 0 fully saturated rings. The summed E-state index contributed by atoms with van der Waals surface area (Å²) in [5.74, 6) is 0.138. The fourth-order valence-corrected chi connectivity index (χ4v) is 6.73. The Morgan fingerprint density at radius 2 is 1.86 bits per heavy atom. The molecule has 212 valence electrons. The molecule has 6 rings (SSSR count). The topological polar surface area (TPSA) is 85.7 Å². The third-order valence-corrected chi connectivity index (χ3v) is 8.54. The second-order valence-electron chi connectivity index (χ2n) is 10.4. The average molecular weight is 578 g/mol. The van der Waals surface area contributed by atoms with Crippen LogP contribution in [0.15, 0.2) is 87.8 Å². The van der Waals surface area contributed by atoms with Crippen molar-refractivity contribution in [2.24, 2.45) is 4.99 Å². The van der Waals surface area contributed by atoms with Gasteiger partial charge in [-0.25, -0.2) is 9.79 Å². The van der Waals surface area contributed by atoms with Crippen molar-refractivity contribution in [3.63, 3.8) is 0 Å². The predicted octanol–water partition coefficient (Wildman–Crippen LogP) is 5.57. The molecule has 7 nitrogen and oxygen atoms in total. The number of aromatic nitrogens is 2. The number of carbonyl (C=O) groups excluding carboxylic acids is 1. The van der Waals surface area contributed by atoms with Gasteiger partial charge < -0.3 is 14.5 Å². The molecule has 0 aliphatic carbocycles. The molecule has 1 unspecified atom stereocenters. The number of benzene rings is 3. The van der Waals surface area contributed by atoms with Crippen LogP contribution in [0.25, 0.3) is 28.2 Å². The minimum atomic E-state index is -0.710. The van der Waals surface area contributed by atoms with Gasteiger partial charge in [-0.15, -0.1) is 0 Å². The quantitative estimate of drug-likeness (QED) is 0.267. The number of aromatic amines is 1. The first-order valence-electron chi connectivity index (χ1n) is 13.8. The van der Waals surface area contributed by atoms with Crippen LogP contribution in [0.2, 0.25) is 0 Å². The van der Waals surface area contributed by atoms with Gasteiger partial charge in [0, 0.05) is 16.5 Å². The molecule has 42 heavy (non-hydrogen) atoms. The summed E-state index contributed by atoms with van der Waals surface area (Å²) in [6, 6.07) is 21.1. The van der Waals surface area contributed by atoms with E-state index in [1.165, 1.54) is 11.3 Å². The first-order chi connectivity index (χ1) is 20.3. The zero-order valence-corrected chi connectivity index (χ0v) is 25.0. The first kappa shape index (κ1) is 27.5. The Morgan fingerprint density at radius 1 is 1.07 bits per heavy atom. The normalized spacial score (nSPS) is 15.1. The molecule has 5 aromatic rings. The summed E-state index contributed by atoms with van der Waals surface area (Å²) >= 11 is 1.32. The Labute approximate surface area is 247 Å². The highest BCUT2D eigenvalue weighted by Crippen LogP contribution is 2.34. The minimum Gasteiger partial charge on any atom is -0.497 e. The van der Waals surface area contributed by atoms with Gasteiger partial charge in [0.2, 0.25) is 0 Å². The van der Waals surface area contributed by atoms with Gasteiger partial charge in [-0.3, -0.25) is 9.36 Å². The number of ether oxygens (including phenoxy) is 2. The number of H-pyrrole nitrogens is 1. The van der Waals surface area contributed by atoms with Gasteiger partial charge in [0.15, 0.2) is 4.80 Å². The number of hydrogen-bond donors (Lipinski definition) is 1. The zero-order chi connectivity index (χ0) is 29.5. The third kappa shape index (κ3) is 4.67. The van der Waals surface area contributed by atoms with Crippen LogP contribution in [0.1, 0.15) is 42.1 Å². The van der Waals surface area contributed by atoms with Gasteiger partial charge in [-0.05, 0) is 68.7 Å². The van der Waals surface area contributed by atoms with Crippen LogP contribution in [0.5, 0.6) is 5.75 Å². The summed E-state index contributed by atoms with van der Waals surface area (Å²) in [7, 11) is 1.59. The number of methoxy groups -OCH3 is 1. The van der Waals surface area contributed by atoms with Crippen LogP contribution in [-0.2, 0) is 9.53 Å². The Bertz CT molecular complexity index is 2070. The molecule has 2 aromatic heterocycles. The van der Waals surface area contributed by atoms with Crippen molar-refractivity contribution >= 4 is 34.3 Å². The smallest absolute Gasteiger partial charge is 0.338 e. The Kier molecular flexibility index (Phi) is 7.16. The maximum atomic E-state index is 14.3. The lowest BCUT2D eigenvalue weighted by molar-refractivity contribution is -0.139. The van der Waals surface area contributed by atoms with Crippen molar-refractivity contribution < 1.29 is 14.3 Å². The van der Waals surface area contributed by atoms with Gasteiger partial charge >= 0.3 is 5.97 Å². The van der Waals surface area contributed by atoms with Crippen LogP contribution in [0.4, 0.5) is 0 Å². The molecule has 1 atom stereocenters. The van der Waals surface area contributed by atoms with Crippen LogP contribution in [0.3, 0.4) is 0 Å². The van der Waals surface area contributed by atoms with Crippen molar-refractivity contribution in [1.29, 1.82) is 0 Å². The predicted molar refractivity (Wildman–Crippen MR) is 167 cm³/mol. The maximum Gasteiger partial charge on any atom is 0.338 e. The molecule has 0 amide bonds. The van der Waals surface area contributed by atoms with E-state index in [9.17, 15) is 9.59 Å². The zero-order valence-electron chi connectivity index (χ0n) is 24.1. The van der Waals surface area contributed by atoms with E-state index in [2.05, 4.69) is 43.1 Å². The van der Waals surface area contributed by atoms with Crippen molar-refractivity contribution in [2.75, 3.05) is 13.7 Å². The number of nitrogens with one attached hydrogen (secondary N) is 1. The number of allylic oxidation sites excluding steroid dienone is 1. The molecular formula is C34H31N3O4S. The summed E-state index contributed by atoms with van der Waals surface area (Å²) in [5, 5.41) is 1.05. The van der Waals surface area contributed by atoms with Crippen molar-refractivity contribution in [3.05, 3.63) is 120 Å². The Balaban J connectivity index is 1.63. The van der Waals surface area contributed by atoms with Gasteiger partial charge in [0.25, 0.3) is 5.56 Å². The lowest BCUT2D eigenvalue weighted by Gasteiger charge is -2.25. The number of aryl methyl sites for hydroxylation is 2. The van der Waals surface area contributed by atoms with Crippen LogP contribution in [0, 0.1) is 13.8 Å². The molecule has 3 heterocycles. The Morgan fingerprint density at radius 3 is 2.60 bits per heavy atom. The molecule has 1 aliphatic rings. The van der Waals surface area contributed by atoms with E-state index in [4.69, 9.17) is 14.5 Å². The third-order valence-electron chi connectivity index (χ3n) is 7.55. The number of thiazole rings is 1. The van der Waals surface area contributed by atoms with E-state index < -0.39 is 12.0 Å². The van der Waals surface area contributed by atoms with E-state index in [1.807, 2.05) is 48.5 Å². The first-order valence-corrected chi connectivity index (χ1v) is 14.6. The molecule has 1 N–H and O–H groups in total. The molecule has 0 radical (unpaired) electrons. The number of esters is 1. The average Bonchev–Trinajstić information content (AvgIpc) is 3.50. The summed E-state index contributed by atoms with van der Waals surface area (Å²) < 4.78 is 13.0. The van der Waals surface area contributed by atoms with E-state index in [1.54, 1.807) is 25.5 Å². The maximum absolute atomic E-state index is 14.3. The highest BCUT2D eigenvalue weighted by atomic mass is 32.1. The van der Waals surface area contributed by atoms with Crippen molar-refractivity contribution in [3.8, 4) is 17.0 Å². The van der Waals surface area contributed by atoms with E-state index in [0.29, 0.717) is 26.4 Å². The monoisotopic (exact) mass is 577 g/mol. The van der Waals surface area contributed by atoms with E-state index >= 15 is 0 Å². The van der Waals surface area contributed by atoms with Crippen LogP contribution in [-0.4, -0.2) is 29.2 Å².